The predicted molar refractivity (Wildman–Crippen MR) is 154 cm³/mol. The van der Waals surface area contributed by atoms with Crippen LogP contribution in [0.25, 0.3) is 5.69 Å². The van der Waals surface area contributed by atoms with E-state index in [0.29, 0.717) is 34.3 Å². The van der Waals surface area contributed by atoms with Crippen LogP contribution in [0.1, 0.15) is 45.9 Å². The third kappa shape index (κ3) is 7.46. The molecular formula is C26H36N8O5S. The first-order chi connectivity index (χ1) is 18.6. The monoisotopic (exact) mass is 572 g/mol. The number of hydrogen-bond acceptors (Lipinski definition) is 12. The number of pyridine rings is 1. The molecule has 2 unspecified atom stereocenters. The molecule has 3 rings (SSSR count). The number of hydrogen-bond donors (Lipinski definition) is 4. The lowest BCUT2D eigenvalue weighted by atomic mass is 9.92. The van der Waals surface area contributed by atoms with Gasteiger partial charge in [0.2, 0.25) is 0 Å². The molecule has 0 aliphatic carbocycles. The van der Waals surface area contributed by atoms with Crippen LogP contribution in [0.5, 0.6) is 0 Å². The second-order valence-corrected chi connectivity index (χ2v) is 12.7. The van der Waals surface area contributed by atoms with E-state index in [2.05, 4.69) is 36.1 Å². The zero-order chi connectivity index (χ0) is 29.8. The lowest BCUT2D eigenvalue weighted by Gasteiger charge is -2.16. The lowest BCUT2D eigenvalue weighted by Crippen LogP contribution is -2.18. The number of aromatic nitrogens is 3. The minimum atomic E-state index is -3.82. The Labute approximate surface area is 233 Å². The summed E-state index contributed by atoms with van der Waals surface area (Å²) in [5.74, 6) is 0.768. The number of aliphatic hydroxyl groups is 2. The summed E-state index contributed by atoms with van der Waals surface area (Å²) in [5, 5.41) is 41.9. The molecule has 0 saturated carbocycles. The van der Waals surface area contributed by atoms with Crippen LogP contribution in [0, 0.1) is 11.8 Å². The fourth-order valence-electron chi connectivity index (χ4n) is 3.75. The van der Waals surface area contributed by atoms with E-state index in [-0.39, 0.29) is 29.5 Å². The van der Waals surface area contributed by atoms with Crippen LogP contribution < -0.4 is 10.6 Å². The highest BCUT2D eigenvalue weighted by atomic mass is 32.2. The van der Waals surface area contributed by atoms with Crippen molar-refractivity contribution in [3.63, 3.8) is 0 Å². The summed E-state index contributed by atoms with van der Waals surface area (Å²) in [6.45, 7) is 11.0. The average Bonchev–Trinajstić information content (AvgIpc) is 3.26. The summed E-state index contributed by atoms with van der Waals surface area (Å²) in [6.07, 6.45) is -0.191. The maximum Gasteiger partial charge on any atom is 0.197 e. The zero-order valence-corrected chi connectivity index (χ0v) is 24.5. The van der Waals surface area contributed by atoms with Crippen molar-refractivity contribution in [2.45, 2.75) is 64.1 Å². The average molecular weight is 573 g/mol. The SMILES string of the molecule is Cc1cc(NCC(C)O)nc(NCC(C)O)c1N=Nc1c(S(C)(=O)=O)c(C(C)(C)C)nn1-c1ccc(N=O)cc1. The summed E-state index contributed by atoms with van der Waals surface area (Å²) in [6, 6.07) is 7.89. The Balaban J connectivity index is 2.25. The van der Waals surface area contributed by atoms with Gasteiger partial charge in [-0.1, -0.05) is 20.8 Å². The Kier molecular flexibility index (Phi) is 9.38. The number of benzene rings is 1. The van der Waals surface area contributed by atoms with Gasteiger partial charge in [0, 0.05) is 24.8 Å². The van der Waals surface area contributed by atoms with Gasteiger partial charge in [0.15, 0.2) is 21.5 Å². The van der Waals surface area contributed by atoms with Gasteiger partial charge >= 0.3 is 0 Å². The molecule has 2 heterocycles. The first-order valence-corrected chi connectivity index (χ1v) is 14.6. The molecule has 0 amide bonds. The van der Waals surface area contributed by atoms with Gasteiger partial charge in [-0.3, -0.25) is 0 Å². The van der Waals surface area contributed by atoms with Crippen molar-refractivity contribution in [3.8, 4) is 5.69 Å². The second kappa shape index (κ2) is 12.2. The number of aliphatic hydroxyl groups excluding tert-OH is 2. The molecule has 2 aromatic heterocycles. The molecule has 0 aliphatic heterocycles. The highest BCUT2D eigenvalue weighted by Gasteiger charge is 2.33. The molecule has 0 radical (unpaired) electrons. The number of rotatable bonds is 11. The molecule has 1 aromatic carbocycles. The van der Waals surface area contributed by atoms with E-state index >= 15 is 0 Å². The molecule has 0 saturated heterocycles. The molecule has 13 nitrogen and oxygen atoms in total. The number of nitrogens with zero attached hydrogens (tertiary/aromatic N) is 6. The van der Waals surface area contributed by atoms with Crippen LogP contribution in [0.2, 0.25) is 0 Å². The smallest absolute Gasteiger partial charge is 0.197 e. The lowest BCUT2D eigenvalue weighted by molar-refractivity contribution is 0.208. The Bertz CT molecular complexity index is 1490. The zero-order valence-electron chi connectivity index (χ0n) is 23.7. The Morgan fingerprint density at radius 3 is 2.15 bits per heavy atom. The largest absolute Gasteiger partial charge is 0.392 e. The van der Waals surface area contributed by atoms with Crippen molar-refractivity contribution in [2.24, 2.45) is 15.4 Å². The van der Waals surface area contributed by atoms with Gasteiger partial charge in [0.05, 0.1) is 23.6 Å². The fourth-order valence-corrected chi connectivity index (χ4v) is 4.91. The molecule has 4 N–H and O–H groups in total. The molecule has 0 spiro atoms. The molecular weight excluding hydrogens is 536 g/mol. The molecule has 2 atom stereocenters. The quantitative estimate of drug-likeness (QED) is 0.187. The van der Waals surface area contributed by atoms with Gasteiger partial charge in [0.25, 0.3) is 0 Å². The minimum Gasteiger partial charge on any atom is -0.392 e. The van der Waals surface area contributed by atoms with Crippen molar-refractivity contribution in [3.05, 3.63) is 46.5 Å². The maximum atomic E-state index is 13.1. The molecule has 40 heavy (non-hydrogen) atoms. The van der Waals surface area contributed by atoms with Crippen molar-refractivity contribution < 1.29 is 18.6 Å². The van der Waals surface area contributed by atoms with Gasteiger partial charge in [-0.2, -0.15) is 5.10 Å². The van der Waals surface area contributed by atoms with Crippen LogP contribution in [-0.4, -0.2) is 64.9 Å². The highest BCUT2D eigenvalue weighted by Crippen LogP contribution is 2.39. The van der Waals surface area contributed by atoms with Crippen LogP contribution in [0.15, 0.2) is 50.6 Å². The van der Waals surface area contributed by atoms with E-state index in [4.69, 9.17) is 0 Å². The van der Waals surface area contributed by atoms with Gasteiger partial charge in [-0.05, 0) is 61.8 Å². The number of nitroso groups, excluding NO2 is 1. The molecule has 0 bridgehead atoms. The van der Waals surface area contributed by atoms with Crippen LogP contribution in [0.4, 0.5) is 28.8 Å². The van der Waals surface area contributed by atoms with Crippen molar-refractivity contribution in [2.75, 3.05) is 30.0 Å². The second-order valence-electron chi connectivity index (χ2n) is 10.7. The van der Waals surface area contributed by atoms with Gasteiger partial charge in [-0.25, -0.2) is 18.1 Å². The van der Waals surface area contributed by atoms with Gasteiger partial charge in [-0.15, -0.1) is 15.1 Å². The van der Waals surface area contributed by atoms with E-state index in [9.17, 15) is 23.5 Å². The Morgan fingerprint density at radius 1 is 1.02 bits per heavy atom. The summed E-state index contributed by atoms with van der Waals surface area (Å²) in [4.78, 5) is 15.4. The molecule has 3 aromatic rings. The number of nitrogens with one attached hydrogen (secondary N) is 2. The van der Waals surface area contributed by atoms with Gasteiger partial charge in [0.1, 0.15) is 22.1 Å². The van der Waals surface area contributed by atoms with E-state index in [0.717, 1.165) is 6.26 Å². The topological polar surface area (TPSA) is 184 Å². The molecule has 0 fully saturated rings. The van der Waals surface area contributed by atoms with E-state index in [1.54, 1.807) is 39.0 Å². The number of anilines is 2. The Morgan fingerprint density at radius 2 is 1.62 bits per heavy atom. The maximum absolute atomic E-state index is 13.1. The van der Waals surface area contributed by atoms with Crippen molar-refractivity contribution >= 4 is 38.7 Å². The number of azo groups is 1. The van der Waals surface area contributed by atoms with Crippen LogP contribution in [0.3, 0.4) is 0 Å². The summed E-state index contributed by atoms with van der Waals surface area (Å²) in [5.41, 5.74) is 1.30. The fraction of sp³-hybridized carbons (Fsp3) is 0.462. The molecule has 0 aliphatic rings. The first-order valence-electron chi connectivity index (χ1n) is 12.7. The summed E-state index contributed by atoms with van der Waals surface area (Å²) >= 11 is 0. The van der Waals surface area contributed by atoms with Crippen molar-refractivity contribution in [1.82, 2.24) is 14.8 Å². The van der Waals surface area contributed by atoms with E-state index < -0.39 is 27.5 Å². The minimum absolute atomic E-state index is 0.0172. The van der Waals surface area contributed by atoms with Crippen LogP contribution in [-0.2, 0) is 15.3 Å². The van der Waals surface area contributed by atoms with E-state index in [1.165, 1.54) is 16.8 Å². The number of sulfone groups is 1. The summed E-state index contributed by atoms with van der Waals surface area (Å²) < 4.78 is 27.5. The third-order valence-corrected chi connectivity index (χ3v) is 6.79. The van der Waals surface area contributed by atoms with Crippen LogP contribution >= 0.6 is 0 Å². The molecule has 216 valence electrons. The number of aryl methyl sites for hydroxylation is 1. The molecule has 14 heteroatoms. The Hall–Kier alpha value is -3.75. The highest BCUT2D eigenvalue weighted by molar-refractivity contribution is 7.91. The standard InChI is InChI=1S/C26H36N8O5S/c1-15-12-20(27-13-16(2)35)29-24(28-14-17(3)36)21(15)30-31-25-22(40(7,38)39)23(26(4,5)6)32-34(25)19-10-8-18(33-37)9-11-19/h8-12,16-17,35-36H,13-14H2,1-7H3,(H2,27,28,29). The normalized spacial score (nSPS) is 13.8. The third-order valence-electron chi connectivity index (χ3n) is 5.67. The predicted octanol–water partition coefficient (Wildman–Crippen LogP) is 4.68. The van der Waals surface area contributed by atoms with E-state index in [1.807, 2.05) is 20.8 Å². The van der Waals surface area contributed by atoms with Gasteiger partial charge < -0.3 is 20.8 Å². The summed E-state index contributed by atoms with van der Waals surface area (Å²) in [7, 11) is -3.82. The first kappa shape index (κ1) is 30.8. The van der Waals surface area contributed by atoms with Crippen molar-refractivity contribution in [1.29, 1.82) is 0 Å².